The minimum Gasteiger partial charge on any atom is -0.508 e. The second-order valence-electron chi connectivity index (χ2n) is 3.45. The van der Waals surface area contributed by atoms with Crippen molar-refractivity contribution in [3.05, 3.63) is 53.6 Å². The van der Waals surface area contributed by atoms with Crippen molar-refractivity contribution in [2.75, 3.05) is 0 Å². The summed E-state index contributed by atoms with van der Waals surface area (Å²) in [4.78, 5) is 0.310. The molecule has 0 heterocycles. The number of halogens is 1. The first-order valence-corrected chi connectivity index (χ1v) is 6.66. The van der Waals surface area contributed by atoms with Gasteiger partial charge < -0.3 is 5.11 Å². The fourth-order valence-electron chi connectivity index (χ4n) is 1.38. The Hall–Kier alpha value is -1.52. The average molecular weight is 269 g/mol. The molecule has 0 aliphatic rings. The molecule has 0 saturated carbocycles. The van der Waals surface area contributed by atoms with Gasteiger partial charge in [-0.15, -0.1) is 0 Å². The fraction of sp³-hybridized carbons (Fsp3) is 0. The third kappa shape index (κ3) is 2.43. The second-order valence-corrected chi connectivity index (χ2v) is 5.84. The van der Waals surface area contributed by atoms with Crippen molar-refractivity contribution in [3.63, 3.8) is 0 Å². The SMILES string of the molecule is O=S(=O)(c1ccc(O)cc1)c1ccc(Cl)cc1. The van der Waals surface area contributed by atoms with E-state index in [1.54, 1.807) is 0 Å². The Morgan fingerprint density at radius 2 is 1.24 bits per heavy atom. The first kappa shape index (κ1) is 12.0. The van der Waals surface area contributed by atoms with E-state index in [1.807, 2.05) is 0 Å². The van der Waals surface area contributed by atoms with Crippen LogP contribution >= 0.6 is 11.6 Å². The molecule has 0 amide bonds. The molecule has 0 aliphatic heterocycles. The van der Waals surface area contributed by atoms with Crippen LogP contribution in [0.4, 0.5) is 0 Å². The van der Waals surface area contributed by atoms with E-state index in [9.17, 15) is 8.42 Å². The molecule has 0 fully saturated rings. The van der Waals surface area contributed by atoms with Gasteiger partial charge in [0.05, 0.1) is 9.79 Å². The molecule has 0 aromatic heterocycles. The first-order chi connectivity index (χ1) is 8.00. The number of rotatable bonds is 2. The molecule has 0 radical (unpaired) electrons. The molecule has 0 unspecified atom stereocenters. The van der Waals surface area contributed by atoms with Gasteiger partial charge in [-0.2, -0.15) is 0 Å². The van der Waals surface area contributed by atoms with E-state index in [0.717, 1.165) is 0 Å². The number of hydrogen-bond donors (Lipinski definition) is 1. The molecule has 2 aromatic rings. The maximum Gasteiger partial charge on any atom is 0.206 e. The van der Waals surface area contributed by atoms with Gasteiger partial charge in [0.25, 0.3) is 0 Å². The summed E-state index contributed by atoms with van der Waals surface area (Å²) in [6.07, 6.45) is 0. The predicted molar refractivity (Wildman–Crippen MR) is 65.0 cm³/mol. The van der Waals surface area contributed by atoms with Gasteiger partial charge in [0.2, 0.25) is 9.84 Å². The van der Waals surface area contributed by atoms with Crippen LogP contribution in [0.25, 0.3) is 0 Å². The van der Waals surface area contributed by atoms with Crippen molar-refractivity contribution in [1.82, 2.24) is 0 Å². The van der Waals surface area contributed by atoms with E-state index in [2.05, 4.69) is 0 Å². The highest BCUT2D eigenvalue weighted by atomic mass is 35.5. The lowest BCUT2D eigenvalue weighted by atomic mass is 10.3. The van der Waals surface area contributed by atoms with Crippen LogP contribution in [0.5, 0.6) is 5.75 Å². The minimum absolute atomic E-state index is 0.0278. The Morgan fingerprint density at radius 1 is 0.824 bits per heavy atom. The molecule has 0 aliphatic carbocycles. The smallest absolute Gasteiger partial charge is 0.206 e. The second kappa shape index (κ2) is 4.39. The zero-order chi connectivity index (χ0) is 12.5. The molecule has 3 nitrogen and oxygen atoms in total. The van der Waals surface area contributed by atoms with Crippen molar-refractivity contribution in [2.24, 2.45) is 0 Å². The van der Waals surface area contributed by atoms with Crippen LogP contribution in [0.1, 0.15) is 0 Å². The number of aromatic hydroxyl groups is 1. The molecule has 2 aromatic carbocycles. The van der Waals surface area contributed by atoms with Gasteiger partial charge in [-0.25, -0.2) is 8.42 Å². The Labute approximate surface area is 104 Å². The fourth-order valence-corrected chi connectivity index (χ4v) is 2.76. The molecule has 0 atom stereocenters. The predicted octanol–water partition coefficient (Wildman–Crippen LogP) is 2.88. The van der Waals surface area contributed by atoms with Gasteiger partial charge >= 0.3 is 0 Å². The zero-order valence-corrected chi connectivity index (χ0v) is 10.2. The van der Waals surface area contributed by atoms with Gasteiger partial charge in [0.15, 0.2) is 0 Å². The molecule has 88 valence electrons. The topological polar surface area (TPSA) is 54.4 Å². The van der Waals surface area contributed by atoms with Gasteiger partial charge in [-0.3, -0.25) is 0 Å². The van der Waals surface area contributed by atoms with Crippen LogP contribution in [0.2, 0.25) is 5.02 Å². The Bertz CT molecular complexity index is 564. The Morgan fingerprint density at radius 3 is 1.71 bits per heavy atom. The van der Waals surface area contributed by atoms with Crippen molar-refractivity contribution in [1.29, 1.82) is 0 Å². The van der Waals surface area contributed by atoms with Crippen LogP contribution in [0.3, 0.4) is 0 Å². The van der Waals surface area contributed by atoms with Gasteiger partial charge in [0.1, 0.15) is 5.75 Å². The van der Waals surface area contributed by atoms with Crippen molar-refractivity contribution < 1.29 is 13.5 Å². The van der Waals surface area contributed by atoms with Crippen LogP contribution < -0.4 is 0 Å². The Balaban J connectivity index is 2.50. The van der Waals surface area contributed by atoms with Crippen molar-refractivity contribution >= 4 is 21.4 Å². The van der Waals surface area contributed by atoms with Crippen LogP contribution in [-0.2, 0) is 9.84 Å². The van der Waals surface area contributed by atoms with E-state index >= 15 is 0 Å². The lowest BCUT2D eigenvalue weighted by Crippen LogP contribution is -2.01. The van der Waals surface area contributed by atoms with Crippen LogP contribution in [0, 0.1) is 0 Å². The molecular weight excluding hydrogens is 260 g/mol. The zero-order valence-electron chi connectivity index (χ0n) is 8.67. The number of benzene rings is 2. The number of sulfone groups is 1. The minimum atomic E-state index is -3.54. The third-order valence-corrected chi connectivity index (χ3v) is 4.31. The van der Waals surface area contributed by atoms with Crippen LogP contribution in [0.15, 0.2) is 58.3 Å². The average Bonchev–Trinajstić information content (AvgIpc) is 2.30. The normalized spacial score (nSPS) is 11.4. The molecule has 17 heavy (non-hydrogen) atoms. The molecule has 0 spiro atoms. The van der Waals surface area contributed by atoms with E-state index in [1.165, 1.54) is 48.5 Å². The highest BCUT2D eigenvalue weighted by molar-refractivity contribution is 7.91. The van der Waals surface area contributed by atoms with Crippen LogP contribution in [-0.4, -0.2) is 13.5 Å². The van der Waals surface area contributed by atoms with Gasteiger partial charge in [0, 0.05) is 5.02 Å². The molecule has 5 heteroatoms. The number of hydrogen-bond acceptors (Lipinski definition) is 3. The van der Waals surface area contributed by atoms with E-state index in [-0.39, 0.29) is 15.5 Å². The highest BCUT2D eigenvalue weighted by Crippen LogP contribution is 2.23. The van der Waals surface area contributed by atoms with Gasteiger partial charge in [-0.1, -0.05) is 11.6 Å². The number of phenolic OH excluding ortho intramolecular Hbond substituents is 1. The van der Waals surface area contributed by atoms with Gasteiger partial charge in [-0.05, 0) is 48.5 Å². The molecule has 0 saturated heterocycles. The highest BCUT2D eigenvalue weighted by Gasteiger charge is 2.16. The molecule has 0 bridgehead atoms. The summed E-state index contributed by atoms with van der Waals surface area (Å²) >= 11 is 5.70. The summed E-state index contributed by atoms with van der Waals surface area (Å²) in [5.41, 5.74) is 0. The maximum absolute atomic E-state index is 12.1. The van der Waals surface area contributed by atoms with Crippen molar-refractivity contribution in [2.45, 2.75) is 9.79 Å². The largest absolute Gasteiger partial charge is 0.508 e. The monoisotopic (exact) mass is 268 g/mol. The lowest BCUT2D eigenvalue weighted by molar-refractivity contribution is 0.475. The summed E-state index contributed by atoms with van der Waals surface area (Å²) in [6.45, 7) is 0. The van der Waals surface area contributed by atoms with Crippen molar-refractivity contribution in [3.8, 4) is 5.75 Å². The standard InChI is InChI=1S/C12H9ClO3S/c13-9-1-5-11(6-2-9)17(15,16)12-7-3-10(14)4-8-12/h1-8,14H. The van der Waals surface area contributed by atoms with E-state index in [4.69, 9.17) is 16.7 Å². The molecular formula is C12H9ClO3S. The lowest BCUT2D eigenvalue weighted by Gasteiger charge is -2.04. The van der Waals surface area contributed by atoms with E-state index in [0.29, 0.717) is 5.02 Å². The third-order valence-electron chi connectivity index (χ3n) is 2.27. The number of phenols is 1. The summed E-state index contributed by atoms with van der Waals surface area (Å²) in [7, 11) is -3.54. The molecule has 1 N–H and O–H groups in total. The maximum atomic E-state index is 12.1. The summed E-state index contributed by atoms with van der Waals surface area (Å²) in [6, 6.07) is 11.3. The Kier molecular flexibility index (Phi) is 3.09. The summed E-state index contributed by atoms with van der Waals surface area (Å²) in [5, 5.41) is 9.60. The summed E-state index contributed by atoms with van der Waals surface area (Å²) < 4.78 is 24.3. The summed E-state index contributed by atoms with van der Waals surface area (Å²) in [5.74, 6) is 0.0278. The first-order valence-electron chi connectivity index (χ1n) is 4.80. The van der Waals surface area contributed by atoms with E-state index < -0.39 is 9.84 Å². The molecule has 2 rings (SSSR count). The quantitative estimate of drug-likeness (QED) is 0.911.